The molecule has 0 saturated heterocycles. The number of carbonyl (C=O) groups is 2. The van der Waals surface area contributed by atoms with Gasteiger partial charge >= 0.3 is 0 Å². The van der Waals surface area contributed by atoms with Crippen LogP contribution in [-0.2, 0) is 19.1 Å². The van der Waals surface area contributed by atoms with Gasteiger partial charge in [0.25, 0.3) is 0 Å². The van der Waals surface area contributed by atoms with Crippen LogP contribution in [0.3, 0.4) is 0 Å². The number of ether oxygens (including phenoxy) is 2. The normalized spacial score (nSPS) is 13.0. The number of rotatable bonds is 12. The zero-order chi connectivity index (χ0) is 22.3. The lowest BCUT2D eigenvalue weighted by atomic mass is 10.1. The van der Waals surface area contributed by atoms with Crippen molar-refractivity contribution in [2.45, 2.75) is 80.3 Å². The van der Waals surface area contributed by atoms with Crippen LogP contribution in [0, 0.1) is 11.8 Å². The third kappa shape index (κ3) is 11.6. The van der Waals surface area contributed by atoms with E-state index in [-0.39, 0.29) is 35.7 Å². The van der Waals surface area contributed by atoms with Crippen molar-refractivity contribution in [2.24, 2.45) is 11.8 Å². The van der Waals surface area contributed by atoms with Gasteiger partial charge in [0.05, 0.1) is 25.0 Å². The van der Waals surface area contributed by atoms with E-state index >= 15 is 0 Å². The first-order valence-electron chi connectivity index (χ1n) is 10.7. The second-order valence-corrected chi connectivity index (χ2v) is 7.97. The molecule has 0 saturated carbocycles. The molecule has 2 unspecified atom stereocenters. The highest BCUT2D eigenvalue weighted by atomic mass is 16.5. The highest BCUT2D eigenvalue weighted by molar-refractivity contribution is 5.79. The van der Waals surface area contributed by atoms with Gasteiger partial charge in [0, 0.05) is 39.4 Å². The number of methoxy groups -OCH3 is 2. The molecule has 0 rings (SSSR count). The fourth-order valence-corrected chi connectivity index (χ4v) is 3.19. The largest absolute Gasteiger partial charge is 0.384 e. The topological polar surface area (TPSA) is 59.1 Å². The Hall–Kier alpha value is -1.14. The molecule has 0 N–H and O–H groups in total. The van der Waals surface area contributed by atoms with Crippen molar-refractivity contribution in [1.29, 1.82) is 0 Å². The van der Waals surface area contributed by atoms with E-state index in [1.807, 2.05) is 51.3 Å². The SMILES string of the molecule is CCCN(CCC)C(=O)C(C)COC.COCC(C)C(=O)N(C(C)C)C(C)C. The smallest absolute Gasteiger partial charge is 0.228 e. The van der Waals surface area contributed by atoms with Crippen LogP contribution in [0.1, 0.15) is 68.2 Å². The minimum Gasteiger partial charge on any atom is -0.384 e. The Morgan fingerprint density at radius 2 is 1.07 bits per heavy atom. The van der Waals surface area contributed by atoms with E-state index < -0.39 is 0 Å². The molecule has 2 atom stereocenters. The molecule has 0 heterocycles. The molecule has 0 spiro atoms. The summed E-state index contributed by atoms with van der Waals surface area (Å²) in [6.45, 7) is 18.9. The summed E-state index contributed by atoms with van der Waals surface area (Å²) in [5.74, 6) is 0.329. The summed E-state index contributed by atoms with van der Waals surface area (Å²) in [5, 5.41) is 0. The van der Waals surface area contributed by atoms with Crippen LogP contribution in [0.25, 0.3) is 0 Å². The number of hydrogen-bond donors (Lipinski definition) is 0. The van der Waals surface area contributed by atoms with E-state index in [4.69, 9.17) is 9.47 Å². The molecule has 0 aliphatic heterocycles. The average Bonchev–Trinajstić information content (AvgIpc) is 2.61. The molecule has 0 fully saturated rings. The summed E-state index contributed by atoms with van der Waals surface area (Å²) >= 11 is 0. The fourth-order valence-electron chi connectivity index (χ4n) is 3.19. The summed E-state index contributed by atoms with van der Waals surface area (Å²) in [4.78, 5) is 27.7. The minimum absolute atomic E-state index is 0.0156. The number of amides is 2. The molecular weight excluding hydrogens is 356 g/mol. The lowest BCUT2D eigenvalue weighted by Gasteiger charge is -2.32. The Kier molecular flexibility index (Phi) is 17.4. The Morgan fingerprint density at radius 1 is 0.714 bits per heavy atom. The summed E-state index contributed by atoms with van der Waals surface area (Å²) < 4.78 is 9.97. The van der Waals surface area contributed by atoms with Crippen molar-refractivity contribution >= 4 is 11.8 Å². The quantitative estimate of drug-likeness (QED) is 0.498. The predicted octanol–water partition coefficient (Wildman–Crippen LogP) is 3.83. The molecule has 2 amide bonds. The molecular formula is C22H46N2O4. The molecule has 168 valence electrons. The Bertz CT molecular complexity index is 399. The lowest BCUT2D eigenvalue weighted by Crippen LogP contribution is -2.45. The van der Waals surface area contributed by atoms with Crippen LogP contribution in [0.4, 0.5) is 0 Å². The van der Waals surface area contributed by atoms with Gasteiger partial charge in [-0.05, 0) is 40.5 Å². The van der Waals surface area contributed by atoms with Crippen LogP contribution in [0.2, 0.25) is 0 Å². The van der Waals surface area contributed by atoms with Crippen LogP contribution in [0.5, 0.6) is 0 Å². The Morgan fingerprint density at radius 3 is 1.36 bits per heavy atom. The second kappa shape index (κ2) is 16.8. The van der Waals surface area contributed by atoms with E-state index in [0.29, 0.717) is 13.2 Å². The fraction of sp³-hybridized carbons (Fsp3) is 0.909. The molecule has 0 bridgehead atoms. The Labute approximate surface area is 173 Å². The van der Waals surface area contributed by atoms with Gasteiger partial charge < -0.3 is 19.3 Å². The predicted molar refractivity (Wildman–Crippen MR) is 116 cm³/mol. The van der Waals surface area contributed by atoms with E-state index in [2.05, 4.69) is 13.8 Å². The first kappa shape index (κ1) is 29.1. The second-order valence-electron chi connectivity index (χ2n) is 7.97. The third-order valence-corrected chi connectivity index (χ3v) is 4.34. The van der Waals surface area contributed by atoms with Crippen molar-refractivity contribution in [1.82, 2.24) is 9.80 Å². The average molecular weight is 403 g/mol. The van der Waals surface area contributed by atoms with Crippen LogP contribution < -0.4 is 0 Å². The highest BCUT2D eigenvalue weighted by Gasteiger charge is 2.24. The zero-order valence-electron chi connectivity index (χ0n) is 20.1. The van der Waals surface area contributed by atoms with Gasteiger partial charge in [-0.25, -0.2) is 0 Å². The molecule has 0 aromatic rings. The van der Waals surface area contributed by atoms with E-state index in [1.165, 1.54) is 0 Å². The van der Waals surface area contributed by atoms with Crippen molar-refractivity contribution < 1.29 is 19.1 Å². The molecule has 6 nitrogen and oxygen atoms in total. The number of nitrogens with zero attached hydrogens (tertiary/aromatic N) is 2. The van der Waals surface area contributed by atoms with Gasteiger partial charge in [-0.2, -0.15) is 0 Å². The molecule has 0 aliphatic carbocycles. The Balaban J connectivity index is 0. The third-order valence-electron chi connectivity index (χ3n) is 4.34. The van der Waals surface area contributed by atoms with Gasteiger partial charge in [-0.15, -0.1) is 0 Å². The monoisotopic (exact) mass is 402 g/mol. The van der Waals surface area contributed by atoms with Gasteiger partial charge in [0.2, 0.25) is 11.8 Å². The van der Waals surface area contributed by atoms with Crippen LogP contribution >= 0.6 is 0 Å². The maximum Gasteiger partial charge on any atom is 0.228 e. The molecule has 0 radical (unpaired) electrons. The molecule has 6 heteroatoms. The maximum atomic E-state index is 12.0. The highest BCUT2D eigenvalue weighted by Crippen LogP contribution is 2.11. The molecule has 28 heavy (non-hydrogen) atoms. The first-order valence-corrected chi connectivity index (χ1v) is 10.7. The molecule has 0 aromatic heterocycles. The van der Waals surface area contributed by atoms with E-state index in [9.17, 15) is 9.59 Å². The number of carbonyl (C=O) groups excluding carboxylic acids is 2. The van der Waals surface area contributed by atoms with Gasteiger partial charge in [-0.3, -0.25) is 9.59 Å². The lowest BCUT2D eigenvalue weighted by molar-refractivity contribution is -0.140. The van der Waals surface area contributed by atoms with Crippen molar-refractivity contribution in [3.8, 4) is 0 Å². The molecule has 0 aliphatic rings. The summed E-state index contributed by atoms with van der Waals surface area (Å²) in [5.41, 5.74) is 0. The zero-order valence-corrected chi connectivity index (χ0v) is 20.1. The molecule has 0 aromatic carbocycles. The van der Waals surface area contributed by atoms with Crippen LogP contribution in [0.15, 0.2) is 0 Å². The van der Waals surface area contributed by atoms with Crippen LogP contribution in [-0.4, -0.2) is 74.2 Å². The standard InChI is InChI=1S/2C11H23NO2/c1-8(2)12(9(3)4)11(13)10(5)7-14-6;1-5-7-12(8-6-2)11(13)10(3)9-14-4/h8-10H,7H2,1-6H3;10H,5-9H2,1-4H3. The van der Waals surface area contributed by atoms with E-state index in [0.717, 1.165) is 25.9 Å². The minimum atomic E-state index is -0.0511. The van der Waals surface area contributed by atoms with Crippen molar-refractivity contribution in [3.63, 3.8) is 0 Å². The maximum absolute atomic E-state index is 12.0. The van der Waals surface area contributed by atoms with Crippen molar-refractivity contribution in [2.75, 3.05) is 40.5 Å². The van der Waals surface area contributed by atoms with Gasteiger partial charge in [-0.1, -0.05) is 27.7 Å². The van der Waals surface area contributed by atoms with E-state index in [1.54, 1.807) is 14.2 Å². The van der Waals surface area contributed by atoms with Crippen molar-refractivity contribution in [3.05, 3.63) is 0 Å². The summed E-state index contributed by atoms with van der Waals surface area (Å²) in [6.07, 6.45) is 2.04. The number of hydrogen-bond acceptors (Lipinski definition) is 4. The van der Waals surface area contributed by atoms with Gasteiger partial charge in [0.15, 0.2) is 0 Å². The first-order chi connectivity index (χ1) is 13.1. The van der Waals surface area contributed by atoms with Gasteiger partial charge in [0.1, 0.15) is 0 Å². The summed E-state index contributed by atoms with van der Waals surface area (Å²) in [6, 6.07) is 0.503. The summed E-state index contributed by atoms with van der Waals surface area (Å²) in [7, 11) is 3.26.